The minimum absolute atomic E-state index is 0.0818. The molecule has 3 rings (SSSR count). The summed E-state index contributed by atoms with van der Waals surface area (Å²) in [7, 11) is -3.74. The van der Waals surface area contributed by atoms with Gasteiger partial charge in [0.05, 0.1) is 24.7 Å². The van der Waals surface area contributed by atoms with Crippen LogP contribution >= 0.6 is 0 Å². The van der Waals surface area contributed by atoms with Gasteiger partial charge in [-0.15, -0.1) is 0 Å². The van der Waals surface area contributed by atoms with E-state index in [0.29, 0.717) is 26.2 Å². The average molecular weight is 455 g/mol. The van der Waals surface area contributed by atoms with E-state index in [-0.39, 0.29) is 11.5 Å². The monoisotopic (exact) mass is 454 g/mol. The Kier molecular flexibility index (Phi) is 9.28. The number of benzene rings is 3. The van der Waals surface area contributed by atoms with Gasteiger partial charge in [0, 0.05) is 6.61 Å². The van der Waals surface area contributed by atoms with Crippen LogP contribution in [0.3, 0.4) is 0 Å². The molecule has 6 heteroatoms. The van der Waals surface area contributed by atoms with E-state index >= 15 is 0 Å². The molecule has 0 aliphatic rings. The number of hydrogen-bond acceptors (Lipinski definition) is 5. The summed E-state index contributed by atoms with van der Waals surface area (Å²) >= 11 is 0. The highest BCUT2D eigenvalue weighted by atomic mass is 32.2. The van der Waals surface area contributed by atoms with Crippen LogP contribution < -0.4 is 4.74 Å². The lowest BCUT2D eigenvalue weighted by Crippen LogP contribution is -2.09. The highest BCUT2D eigenvalue weighted by Crippen LogP contribution is 2.17. The smallest absolute Gasteiger partial charge is 0.296 e. The van der Waals surface area contributed by atoms with Crippen LogP contribution in [-0.4, -0.2) is 28.2 Å². The van der Waals surface area contributed by atoms with E-state index in [0.717, 1.165) is 29.7 Å². The zero-order valence-electron chi connectivity index (χ0n) is 18.4. The second-order valence-electron chi connectivity index (χ2n) is 7.58. The molecule has 5 nitrogen and oxygen atoms in total. The van der Waals surface area contributed by atoms with Gasteiger partial charge in [-0.1, -0.05) is 60.2 Å². The van der Waals surface area contributed by atoms with Gasteiger partial charge in [-0.3, -0.25) is 4.18 Å². The van der Waals surface area contributed by atoms with Crippen LogP contribution in [0.4, 0.5) is 0 Å². The lowest BCUT2D eigenvalue weighted by molar-refractivity contribution is 0.113. The van der Waals surface area contributed by atoms with E-state index in [1.54, 1.807) is 24.3 Å². The van der Waals surface area contributed by atoms with Gasteiger partial charge in [0.2, 0.25) is 0 Å². The van der Waals surface area contributed by atoms with E-state index in [1.807, 2.05) is 49.4 Å². The number of rotatable bonds is 13. The molecule has 0 bridgehead atoms. The van der Waals surface area contributed by atoms with Gasteiger partial charge < -0.3 is 9.47 Å². The second-order valence-corrected chi connectivity index (χ2v) is 9.20. The number of ether oxygens (including phenoxy) is 2. The highest BCUT2D eigenvalue weighted by molar-refractivity contribution is 7.86. The first-order valence-electron chi connectivity index (χ1n) is 10.8. The van der Waals surface area contributed by atoms with E-state index in [9.17, 15) is 8.42 Å². The summed E-state index contributed by atoms with van der Waals surface area (Å²) in [5, 5.41) is 0. The zero-order chi connectivity index (χ0) is 22.7. The molecule has 32 heavy (non-hydrogen) atoms. The molecule has 170 valence electrons. The summed E-state index contributed by atoms with van der Waals surface area (Å²) in [5.74, 6) is 0.772. The Morgan fingerprint density at radius 2 is 1.47 bits per heavy atom. The third-order valence-corrected chi connectivity index (χ3v) is 6.23. The van der Waals surface area contributed by atoms with E-state index < -0.39 is 10.1 Å². The molecule has 0 atom stereocenters. The average Bonchev–Trinajstić information content (AvgIpc) is 2.80. The minimum atomic E-state index is -3.74. The van der Waals surface area contributed by atoms with E-state index in [2.05, 4.69) is 12.1 Å². The van der Waals surface area contributed by atoms with E-state index in [4.69, 9.17) is 13.7 Å². The second kappa shape index (κ2) is 12.4. The lowest BCUT2D eigenvalue weighted by atomic mass is 10.1. The Morgan fingerprint density at radius 3 is 2.25 bits per heavy atom. The van der Waals surface area contributed by atoms with Crippen LogP contribution in [0, 0.1) is 6.92 Å². The molecule has 0 N–H and O–H groups in total. The van der Waals surface area contributed by atoms with Crippen LogP contribution in [0.15, 0.2) is 83.8 Å². The maximum absolute atomic E-state index is 12.3. The summed E-state index contributed by atoms with van der Waals surface area (Å²) < 4.78 is 41.2. The van der Waals surface area contributed by atoms with Crippen molar-refractivity contribution in [1.29, 1.82) is 0 Å². The molecule has 0 radical (unpaired) electrons. The first kappa shape index (κ1) is 24.0. The standard InChI is InChI=1S/C26H30O5S/c1-22-12-14-26(15-13-22)32(27,28)31-19-16-23-10-7-11-25(20-23)30-18-6-5-17-29-21-24-8-3-2-4-9-24/h2-4,7-15,20H,5-6,16-19,21H2,1H3. The summed E-state index contributed by atoms with van der Waals surface area (Å²) in [4.78, 5) is 0.174. The molecule has 0 aliphatic carbocycles. The summed E-state index contributed by atoms with van der Waals surface area (Å²) in [6.07, 6.45) is 2.31. The fourth-order valence-electron chi connectivity index (χ4n) is 3.09. The van der Waals surface area contributed by atoms with Gasteiger partial charge in [0.25, 0.3) is 10.1 Å². The maximum Gasteiger partial charge on any atom is 0.296 e. The zero-order valence-corrected chi connectivity index (χ0v) is 19.2. The quantitative estimate of drug-likeness (QED) is 0.258. The molecule has 0 aliphatic heterocycles. The summed E-state index contributed by atoms with van der Waals surface area (Å²) in [5.41, 5.74) is 3.14. The van der Waals surface area contributed by atoms with Gasteiger partial charge in [-0.25, -0.2) is 0 Å². The highest BCUT2D eigenvalue weighted by Gasteiger charge is 2.14. The van der Waals surface area contributed by atoms with Gasteiger partial charge in [0.1, 0.15) is 5.75 Å². The number of aryl methyl sites for hydroxylation is 1. The molecule has 0 aromatic heterocycles. The summed E-state index contributed by atoms with van der Waals surface area (Å²) in [6, 6.07) is 24.4. The van der Waals surface area contributed by atoms with Crippen molar-refractivity contribution in [3.05, 3.63) is 95.6 Å². The molecule has 0 fully saturated rings. The maximum atomic E-state index is 12.3. The molecule has 0 unspecified atom stereocenters. The van der Waals surface area contributed by atoms with Crippen LogP contribution in [0.2, 0.25) is 0 Å². The summed E-state index contributed by atoms with van der Waals surface area (Å²) in [6.45, 7) is 3.93. The van der Waals surface area contributed by atoms with Gasteiger partial charge in [-0.05, 0) is 61.6 Å². The van der Waals surface area contributed by atoms with Gasteiger partial charge >= 0.3 is 0 Å². The molecule has 0 heterocycles. The first-order valence-corrected chi connectivity index (χ1v) is 12.2. The topological polar surface area (TPSA) is 61.8 Å². The van der Waals surface area contributed by atoms with Gasteiger partial charge in [0.15, 0.2) is 0 Å². The molecule has 3 aromatic rings. The van der Waals surface area contributed by atoms with Crippen molar-refractivity contribution in [2.24, 2.45) is 0 Å². The van der Waals surface area contributed by atoms with Crippen molar-refractivity contribution < 1.29 is 22.1 Å². The van der Waals surface area contributed by atoms with Crippen LogP contribution in [0.25, 0.3) is 0 Å². The van der Waals surface area contributed by atoms with Crippen molar-refractivity contribution in [2.45, 2.75) is 37.7 Å². The largest absolute Gasteiger partial charge is 0.494 e. The predicted molar refractivity (Wildman–Crippen MR) is 125 cm³/mol. The molecule has 0 spiro atoms. The molecule has 0 saturated carbocycles. The van der Waals surface area contributed by atoms with Crippen molar-refractivity contribution in [1.82, 2.24) is 0 Å². The van der Waals surface area contributed by atoms with Crippen LogP contribution in [0.1, 0.15) is 29.5 Å². The van der Waals surface area contributed by atoms with Gasteiger partial charge in [-0.2, -0.15) is 8.42 Å². The normalized spacial score (nSPS) is 11.4. The molecule has 3 aromatic carbocycles. The Hall–Kier alpha value is -2.67. The Bertz CT molecular complexity index is 1050. The third kappa shape index (κ3) is 8.11. The molecule has 0 saturated heterocycles. The van der Waals surface area contributed by atoms with Crippen LogP contribution in [-0.2, 0) is 32.1 Å². The first-order chi connectivity index (χ1) is 15.5. The predicted octanol–water partition coefficient (Wildman–Crippen LogP) is 5.32. The molecular formula is C26H30O5S. The molecular weight excluding hydrogens is 424 g/mol. The SMILES string of the molecule is Cc1ccc(S(=O)(=O)OCCc2cccc(OCCCCOCc3ccccc3)c2)cc1. The minimum Gasteiger partial charge on any atom is -0.494 e. The lowest BCUT2D eigenvalue weighted by Gasteiger charge is -2.09. The third-order valence-electron chi connectivity index (χ3n) is 4.90. The van der Waals surface area contributed by atoms with Crippen LogP contribution in [0.5, 0.6) is 5.75 Å². The van der Waals surface area contributed by atoms with Crippen molar-refractivity contribution in [3.63, 3.8) is 0 Å². The number of hydrogen-bond donors (Lipinski definition) is 0. The Labute approximate surface area is 191 Å². The van der Waals surface area contributed by atoms with Crippen molar-refractivity contribution in [2.75, 3.05) is 19.8 Å². The fourth-order valence-corrected chi connectivity index (χ4v) is 4.00. The molecule has 0 amide bonds. The van der Waals surface area contributed by atoms with E-state index in [1.165, 1.54) is 5.56 Å². The Balaban J connectivity index is 1.33. The Morgan fingerprint density at radius 1 is 0.750 bits per heavy atom. The van der Waals surface area contributed by atoms with Crippen molar-refractivity contribution >= 4 is 10.1 Å². The van der Waals surface area contributed by atoms with Crippen molar-refractivity contribution in [3.8, 4) is 5.75 Å². The fraction of sp³-hybridized carbons (Fsp3) is 0.308. The number of unbranched alkanes of at least 4 members (excludes halogenated alkanes) is 1.